The number of aromatic nitrogens is 3. The molecule has 0 saturated carbocycles. The first-order chi connectivity index (χ1) is 15.3. The van der Waals surface area contributed by atoms with Crippen LogP contribution in [0.2, 0.25) is 0 Å². The normalized spacial score (nSPS) is 26.7. The van der Waals surface area contributed by atoms with E-state index in [1.54, 1.807) is 0 Å². The highest BCUT2D eigenvalue weighted by Gasteiger charge is 2.25. The van der Waals surface area contributed by atoms with Crippen LogP contribution in [0.5, 0.6) is 0 Å². The van der Waals surface area contributed by atoms with Crippen molar-refractivity contribution in [3.63, 3.8) is 0 Å². The summed E-state index contributed by atoms with van der Waals surface area (Å²) in [5.74, 6) is 0.962. The fourth-order valence-electron chi connectivity index (χ4n) is 5.06. The smallest absolute Gasteiger partial charge is 0.272 e. The summed E-state index contributed by atoms with van der Waals surface area (Å²) < 4.78 is 1.96. The van der Waals surface area contributed by atoms with Gasteiger partial charge in [-0.1, -0.05) is 25.0 Å². The molecule has 166 valence electrons. The lowest BCUT2D eigenvalue weighted by Crippen LogP contribution is -2.44. The summed E-state index contributed by atoms with van der Waals surface area (Å²) in [7, 11) is 0. The average Bonchev–Trinajstić information content (AvgIpc) is 2.95. The third-order valence-corrected chi connectivity index (χ3v) is 6.92. The Hall–Kier alpha value is -2.41. The topological polar surface area (TPSA) is 66.3 Å². The van der Waals surface area contributed by atoms with E-state index >= 15 is 0 Å². The van der Waals surface area contributed by atoms with Crippen molar-refractivity contribution in [2.75, 3.05) is 37.6 Å². The summed E-state index contributed by atoms with van der Waals surface area (Å²) >= 11 is 0. The molecular weight excluding hydrogens is 388 g/mol. The molecular formula is C24H34N6O. The zero-order valence-electron chi connectivity index (χ0n) is 18.4. The quantitative estimate of drug-likeness (QED) is 0.714. The van der Waals surface area contributed by atoms with Crippen LogP contribution in [0.15, 0.2) is 24.3 Å². The summed E-state index contributed by atoms with van der Waals surface area (Å²) in [6.07, 6.45) is 13.6. The molecule has 6 heterocycles. The van der Waals surface area contributed by atoms with Gasteiger partial charge >= 0.3 is 0 Å². The molecule has 31 heavy (non-hydrogen) atoms. The lowest BCUT2D eigenvalue weighted by atomic mass is 10.0. The molecule has 6 rings (SSSR count). The van der Waals surface area contributed by atoms with Gasteiger partial charge in [-0.3, -0.25) is 9.69 Å². The predicted octanol–water partition coefficient (Wildman–Crippen LogP) is 3.36. The molecule has 0 atom stereocenters. The van der Waals surface area contributed by atoms with Gasteiger partial charge < -0.3 is 10.2 Å². The van der Waals surface area contributed by atoms with Crippen molar-refractivity contribution in [3.8, 4) is 0 Å². The fourth-order valence-corrected chi connectivity index (χ4v) is 5.06. The van der Waals surface area contributed by atoms with Crippen LogP contribution in [0.3, 0.4) is 0 Å². The van der Waals surface area contributed by atoms with Crippen molar-refractivity contribution >= 4 is 22.8 Å². The molecule has 0 aliphatic carbocycles. The Labute approximate surface area is 184 Å². The zero-order chi connectivity index (χ0) is 21.0. The molecule has 0 radical (unpaired) electrons. The van der Waals surface area contributed by atoms with Crippen LogP contribution in [0.25, 0.3) is 11.0 Å². The molecule has 2 saturated heterocycles. The minimum absolute atomic E-state index is 0.0560. The predicted molar refractivity (Wildman–Crippen MR) is 124 cm³/mol. The molecule has 1 amide bonds. The molecule has 7 heteroatoms. The van der Waals surface area contributed by atoms with Gasteiger partial charge in [0.2, 0.25) is 0 Å². The van der Waals surface area contributed by atoms with E-state index in [4.69, 9.17) is 10.1 Å². The van der Waals surface area contributed by atoms with Gasteiger partial charge in [0.25, 0.3) is 5.91 Å². The number of rotatable bonds is 1. The summed E-state index contributed by atoms with van der Waals surface area (Å²) in [5, 5.41) is 8.88. The Bertz CT molecular complexity index is 935. The number of allylic oxidation sites excluding steroid dienone is 1. The SMILES string of the molecule is O=C1NC2CCN(C/C=C\CCCn3nc1c1ccc(N4CCCCCC4)nc13)CC2. The highest BCUT2D eigenvalue weighted by Crippen LogP contribution is 2.24. The van der Waals surface area contributed by atoms with Crippen LogP contribution in [0.4, 0.5) is 5.82 Å². The second-order valence-electron chi connectivity index (χ2n) is 9.18. The molecule has 2 fully saturated rings. The van der Waals surface area contributed by atoms with E-state index in [0.717, 1.165) is 81.8 Å². The van der Waals surface area contributed by atoms with Crippen molar-refractivity contribution in [1.82, 2.24) is 25.0 Å². The number of nitrogens with zero attached hydrogens (tertiary/aromatic N) is 5. The largest absolute Gasteiger partial charge is 0.357 e. The fraction of sp³-hybridized carbons (Fsp3) is 0.625. The maximum Gasteiger partial charge on any atom is 0.272 e. The first-order valence-corrected chi connectivity index (χ1v) is 12.1. The number of piperidine rings is 1. The third kappa shape index (κ3) is 4.61. The van der Waals surface area contributed by atoms with Crippen LogP contribution in [-0.4, -0.2) is 64.3 Å². The maximum absolute atomic E-state index is 13.2. The minimum atomic E-state index is -0.0560. The van der Waals surface area contributed by atoms with E-state index in [-0.39, 0.29) is 11.9 Å². The van der Waals surface area contributed by atoms with Crippen LogP contribution in [0, 0.1) is 0 Å². The van der Waals surface area contributed by atoms with E-state index < -0.39 is 0 Å². The lowest BCUT2D eigenvalue weighted by Gasteiger charge is -2.31. The number of carbonyl (C=O) groups is 1. The van der Waals surface area contributed by atoms with E-state index in [2.05, 4.69) is 39.4 Å². The Morgan fingerprint density at radius 1 is 0.903 bits per heavy atom. The van der Waals surface area contributed by atoms with Gasteiger partial charge in [-0.15, -0.1) is 0 Å². The summed E-state index contributed by atoms with van der Waals surface area (Å²) in [6.45, 7) is 5.97. The number of anilines is 1. The van der Waals surface area contributed by atoms with Crippen molar-refractivity contribution < 1.29 is 4.79 Å². The first-order valence-electron chi connectivity index (χ1n) is 12.1. The monoisotopic (exact) mass is 422 g/mol. The Kier molecular flexibility index (Phi) is 6.20. The Morgan fingerprint density at radius 2 is 1.71 bits per heavy atom. The number of carbonyl (C=O) groups excluding carboxylic acids is 1. The lowest BCUT2D eigenvalue weighted by molar-refractivity contribution is 0.0909. The van der Waals surface area contributed by atoms with Gasteiger partial charge in [-0.25, -0.2) is 9.67 Å². The molecule has 0 aromatic carbocycles. The number of pyridine rings is 1. The molecule has 4 bridgehead atoms. The van der Waals surface area contributed by atoms with Gasteiger partial charge in [-0.05, 0) is 50.7 Å². The second-order valence-corrected chi connectivity index (χ2v) is 9.18. The number of amides is 1. The van der Waals surface area contributed by atoms with E-state index in [0.29, 0.717) is 5.69 Å². The Balaban J connectivity index is 1.47. The van der Waals surface area contributed by atoms with Crippen LogP contribution >= 0.6 is 0 Å². The molecule has 1 N–H and O–H groups in total. The third-order valence-electron chi connectivity index (χ3n) is 6.92. The van der Waals surface area contributed by atoms with Gasteiger partial charge in [0, 0.05) is 45.3 Å². The second kappa shape index (κ2) is 9.39. The number of hydrogen-bond donors (Lipinski definition) is 1. The van der Waals surface area contributed by atoms with Crippen LogP contribution in [-0.2, 0) is 6.54 Å². The average molecular weight is 423 g/mol. The zero-order valence-corrected chi connectivity index (χ0v) is 18.4. The molecule has 7 nitrogen and oxygen atoms in total. The van der Waals surface area contributed by atoms with E-state index in [1.165, 1.54) is 25.7 Å². The summed E-state index contributed by atoms with van der Waals surface area (Å²) in [4.78, 5) is 23.0. The van der Waals surface area contributed by atoms with Crippen LogP contribution in [0.1, 0.15) is 61.9 Å². The molecule has 4 aliphatic rings. The number of nitrogens with one attached hydrogen (secondary N) is 1. The first kappa shape index (κ1) is 20.5. The maximum atomic E-state index is 13.2. The van der Waals surface area contributed by atoms with Crippen molar-refractivity contribution in [3.05, 3.63) is 30.0 Å². The van der Waals surface area contributed by atoms with Crippen molar-refractivity contribution in [1.29, 1.82) is 0 Å². The van der Waals surface area contributed by atoms with Crippen LogP contribution < -0.4 is 10.2 Å². The molecule has 2 aromatic rings. The molecule has 4 aliphatic heterocycles. The van der Waals surface area contributed by atoms with Crippen molar-refractivity contribution in [2.24, 2.45) is 0 Å². The minimum Gasteiger partial charge on any atom is -0.357 e. The van der Waals surface area contributed by atoms with Gasteiger partial charge in [0.1, 0.15) is 5.82 Å². The molecule has 0 spiro atoms. The van der Waals surface area contributed by atoms with E-state index in [9.17, 15) is 4.79 Å². The molecule has 0 unspecified atom stereocenters. The number of aryl methyl sites for hydroxylation is 1. The van der Waals surface area contributed by atoms with Gasteiger partial charge in [-0.2, -0.15) is 5.10 Å². The number of hydrogen-bond acceptors (Lipinski definition) is 5. The summed E-state index contributed by atoms with van der Waals surface area (Å²) in [6, 6.07) is 4.37. The van der Waals surface area contributed by atoms with E-state index in [1.807, 2.05) is 4.68 Å². The Morgan fingerprint density at radius 3 is 2.52 bits per heavy atom. The highest BCUT2D eigenvalue weighted by atomic mass is 16.2. The van der Waals surface area contributed by atoms with Gasteiger partial charge in [0.15, 0.2) is 11.3 Å². The van der Waals surface area contributed by atoms with Gasteiger partial charge in [0.05, 0.1) is 5.39 Å². The standard InChI is InChI=1S/C24H34N6O/c31-24-22-20-9-10-21(29-14-6-2-3-7-15-29)26-23(20)30(27-22)16-8-4-1-5-13-28-17-11-19(25-24)12-18-28/h1,5,9-10,19H,2-4,6-8,11-18H2,(H,25,31)/b5-1-. The highest BCUT2D eigenvalue weighted by molar-refractivity contribution is 6.04. The van der Waals surface area contributed by atoms with Crippen molar-refractivity contribution in [2.45, 2.75) is 64.0 Å². The molecule has 2 aromatic heterocycles. The number of fused-ring (bicyclic) bond motifs is 8. The summed E-state index contributed by atoms with van der Waals surface area (Å²) in [5.41, 5.74) is 1.37.